The Hall–Kier alpha value is -3.67. The molecule has 0 aliphatic heterocycles. The molecule has 0 aromatic heterocycles. The Morgan fingerprint density at radius 1 is 1.00 bits per heavy atom. The Kier molecular flexibility index (Phi) is 11.1. The maximum atomic E-state index is 12.9. The normalized spacial score (nSPS) is 11.3. The van der Waals surface area contributed by atoms with Gasteiger partial charge in [-0.1, -0.05) is 0 Å². The first kappa shape index (κ1) is 28.6. The van der Waals surface area contributed by atoms with Crippen molar-refractivity contribution < 1.29 is 36.9 Å². The molecule has 2 rings (SSSR count). The fourth-order valence-electron chi connectivity index (χ4n) is 3.25. The summed E-state index contributed by atoms with van der Waals surface area (Å²) in [6.07, 6.45) is 3.18. The van der Waals surface area contributed by atoms with Crippen LogP contribution in [-0.4, -0.2) is 62.6 Å². The number of carbonyl (C=O) groups excluding carboxylic acids is 1. The molecule has 36 heavy (non-hydrogen) atoms. The molecule has 0 bridgehead atoms. The van der Waals surface area contributed by atoms with Gasteiger partial charge in [0.25, 0.3) is 0 Å². The van der Waals surface area contributed by atoms with Crippen LogP contribution in [0.3, 0.4) is 0 Å². The average molecular weight is 516 g/mol. The number of sulfone groups is 1. The molecule has 0 saturated heterocycles. The van der Waals surface area contributed by atoms with Crippen LogP contribution in [0.2, 0.25) is 0 Å². The zero-order chi connectivity index (χ0) is 26.6. The second-order valence-corrected chi connectivity index (χ2v) is 9.32. The van der Waals surface area contributed by atoms with Gasteiger partial charge in [-0.15, -0.1) is 0 Å². The Bertz CT molecular complexity index is 1200. The van der Waals surface area contributed by atoms with Crippen molar-refractivity contribution in [1.82, 2.24) is 0 Å². The van der Waals surface area contributed by atoms with Crippen LogP contribution in [0.5, 0.6) is 23.0 Å². The van der Waals surface area contributed by atoms with E-state index in [1.807, 2.05) is 0 Å². The maximum absolute atomic E-state index is 12.9. The smallest absolute Gasteiger partial charge is 0.133 e. The van der Waals surface area contributed by atoms with Crippen molar-refractivity contribution in [2.75, 3.05) is 40.3 Å². The summed E-state index contributed by atoms with van der Waals surface area (Å²) in [5.74, 6) is 1.09. The van der Waals surface area contributed by atoms with Gasteiger partial charge in [0.1, 0.15) is 17.2 Å². The van der Waals surface area contributed by atoms with Gasteiger partial charge in [-0.05, 0) is 6.08 Å². The SMILES string of the molecule is COc1cc(OC)c(C=CS(=O)(=O)Cc2ccc(OC)c(NC(=O)CCCN=CB=O)c2)c(OC)c1. The second kappa shape index (κ2) is 14.0. The van der Waals surface area contributed by atoms with Crippen molar-refractivity contribution in [1.29, 1.82) is 0 Å². The van der Waals surface area contributed by atoms with Gasteiger partial charge in [0, 0.05) is 17.5 Å². The predicted molar refractivity (Wildman–Crippen MR) is 138 cm³/mol. The summed E-state index contributed by atoms with van der Waals surface area (Å²) in [6, 6.07) is 8.02. The predicted octanol–water partition coefficient (Wildman–Crippen LogP) is 3.10. The van der Waals surface area contributed by atoms with Crippen molar-refractivity contribution >= 4 is 40.8 Å². The van der Waals surface area contributed by atoms with E-state index in [9.17, 15) is 17.9 Å². The van der Waals surface area contributed by atoms with E-state index < -0.39 is 9.84 Å². The molecule has 192 valence electrons. The molecule has 2 aromatic carbocycles. The van der Waals surface area contributed by atoms with Gasteiger partial charge >= 0.3 is 121 Å². The molecule has 1 amide bonds. The second-order valence-electron chi connectivity index (χ2n) is 7.43. The molecular weight excluding hydrogens is 487 g/mol. The summed E-state index contributed by atoms with van der Waals surface area (Å²) in [7, 11) is 2.75. The number of benzene rings is 2. The summed E-state index contributed by atoms with van der Waals surface area (Å²) < 4.78 is 57.2. The van der Waals surface area contributed by atoms with Crippen LogP contribution in [0.25, 0.3) is 6.08 Å². The maximum Gasteiger partial charge on any atom is 0.133 e. The van der Waals surface area contributed by atoms with E-state index in [0.29, 0.717) is 59.9 Å². The molecular formula is C24H29BN2O8S. The first-order valence-electron chi connectivity index (χ1n) is 10.9. The van der Waals surface area contributed by atoms with E-state index >= 15 is 0 Å². The van der Waals surface area contributed by atoms with Gasteiger partial charge in [0.15, 0.2) is 0 Å². The Balaban J connectivity index is 2.20. The fraction of sp³-hybridized carbons (Fsp3) is 0.333. The third kappa shape index (κ3) is 8.53. The number of amides is 1. The number of hydrogen-bond acceptors (Lipinski definition) is 9. The number of aliphatic imine (C=N–C) groups is 1. The number of carbonyl (C=O) groups is 1. The van der Waals surface area contributed by atoms with Crippen molar-refractivity contribution in [3.63, 3.8) is 0 Å². The first-order chi connectivity index (χ1) is 17.3. The number of methoxy groups -OCH3 is 4. The van der Waals surface area contributed by atoms with Crippen molar-refractivity contribution in [3.05, 3.63) is 46.9 Å². The molecule has 1 N–H and O–H groups in total. The molecule has 0 atom stereocenters. The van der Waals surface area contributed by atoms with Crippen molar-refractivity contribution in [2.24, 2.45) is 4.99 Å². The van der Waals surface area contributed by atoms with Crippen molar-refractivity contribution in [2.45, 2.75) is 18.6 Å². The molecule has 2 aromatic rings. The molecule has 0 spiro atoms. The van der Waals surface area contributed by atoms with Crippen LogP contribution >= 0.6 is 0 Å². The third-order valence-electron chi connectivity index (χ3n) is 4.96. The van der Waals surface area contributed by atoms with Crippen LogP contribution in [0.1, 0.15) is 24.0 Å². The number of hydrogen-bond donors (Lipinski definition) is 1. The first-order valence-corrected chi connectivity index (χ1v) is 12.6. The van der Waals surface area contributed by atoms with E-state index in [2.05, 4.69) is 10.3 Å². The summed E-state index contributed by atoms with van der Waals surface area (Å²) in [5.41, 5.74) is 1.26. The molecule has 0 aliphatic carbocycles. The van der Waals surface area contributed by atoms with Gasteiger partial charge in [-0.3, -0.25) is 0 Å². The van der Waals surface area contributed by atoms with E-state index in [0.717, 1.165) is 11.5 Å². The van der Waals surface area contributed by atoms with E-state index in [-0.39, 0.29) is 18.1 Å². The fourth-order valence-corrected chi connectivity index (χ4v) is 4.34. The zero-order valence-electron chi connectivity index (χ0n) is 20.6. The number of nitrogens with zero attached hydrogens (tertiary/aromatic N) is 1. The van der Waals surface area contributed by atoms with Crippen molar-refractivity contribution in [3.8, 4) is 23.0 Å². The number of rotatable bonds is 14. The Morgan fingerprint density at radius 3 is 2.25 bits per heavy atom. The van der Waals surface area contributed by atoms with Crippen LogP contribution in [-0.2, 0) is 25.1 Å². The van der Waals surface area contributed by atoms with Gasteiger partial charge < -0.3 is 14.2 Å². The molecule has 0 radical (unpaired) electrons. The van der Waals surface area contributed by atoms with Crippen LogP contribution in [0, 0.1) is 0 Å². The van der Waals surface area contributed by atoms with Gasteiger partial charge in [0.2, 0.25) is 0 Å². The minimum Gasteiger partial charge on any atom is -0.496 e. The van der Waals surface area contributed by atoms with Crippen LogP contribution in [0.15, 0.2) is 40.7 Å². The number of ether oxygens (including phenoxy) is 4. The molecule has 0 saturated carbocycles. The van der Waals surface area contributed by atoms with E-state index in [4.69, 9.17) is 18.9 Å². The largest absolute Gasteiger partial charge is 0.496 e. The standard InChI is InChI=1S/C24H29BN2O8S/c1-32-18-13-22(34-3)19(23(14-18)35-4)9-11-36(30,31)15-17-7-8-21(33-2)20(12-17)27-24(28)6-5-10-26-16-25-29/h7-9,11-14,16H,5-6,10,15H2,1-4H3,(H,27,28). The van der Waals surface area contributed by atoms with E-state index in [1.165, 1.54) is 34.5 Å². The molecule has 0 fully saturated rings. The van der Waals surface area contributed by atoms with Gasteiger partial charge in [-0.25, -0.2) is 8.42 Å². The quantitative estimate of drug-likeness (QED) is 0.230. The monoisotopic (exact) mass is 516 g/mol. The van der Waals surface area contributed by atoms with E-state index in [1.54, 1.807) is 30.3 Å². The Labute approximate surface area is 211 Å². The molecule has 12 heteroatoms. The summed E-state index contributed by atoms with van der Waals surface area (Å²) >= 11 is 0. The molecule has 0 aliphatic rings. The van der Waals surface area contributed by atoms with Crippen LogP contribution in [0.4, 0.5) is 5.69 Å². The Morgan fingerprint density at radius 2 is 1.67 bits per heavy atom. The minimum atomic E-state index is -3.71. The van der Waals surface area contributed by atoms with Gasteiger partial charge in [-0.2, -0.15) is 0 Å². The average Bonchev–Trinajstić information content (AvgIpc) is 2.86. The van der Waals surface area contributed by atoms with Gasteiger partial charge in [0.05, 0.1) is 26.9 Å². The summed E-state index contributed by atoms with van der Waals surface area (Å²) in [6.45, 7) is 0.345. The summed E-state index contributed by atoms with van der Waals surface area (Å²) in [5, 5.41) is 3.82. The topological polar surface area (TPSA) is 130 Å². The number of nitrogens with one attached hydrogen (secondary N) is 1. The van der Waals surface area contributed by atoms with Crippen LogP contribution < -0.4 is 24.3 Å². The molecule has 10 nitrogen and oxygen atoms in total. The molecule has 0 unspecified atom stereocenters. The zero-order valence-corrected chi connectivity index (χ0v) is 21.5. The molecule has 0 heterocycles. The number of anilines is 1. The third-order valence-corrected chi connectivity index (χ3v) is 6.24. The minimum absolute atomic E-state index is 0.177. The summed E-state index contributed by atoms with van der Waals surface area (Å²) in [4.78, 5) is 16.1.